The van der Waals surface area contributed by atoms with Crippen molar-refractivity contribution in [2.75, 3.05) is 19.6 Å². The van der Waals surface area contributed by atoms with E-state index in [1.807, 2.05) is 28.0 Å². The fourth-order valence-corrected chi connectivity index (χ4v) is 7.72. The molecule has 0 aromatic carbocycles. The minimum atomic E-state index is -0.381. The summed E-state index contributed by atoms with van der Waals surface area (Å²) in [7, 11) is 0. The monoisotopic (exact) mass is 408 g/mol. The molecule has 1 aromatic heterocycles. The first-order chi connectivity index (χ1) is 14.5. The molecule has 0 radical (unpaired) electrons. The lowest BCUT2D eigenvalue weighted by atomic mass is 9.53. The van der Waals surface area contributed by atoms with Crippen LogP contribution in [0.3, 0.4) is 0 Å². The molecular formula is C24H32N4O2. The molecule has 6 nitrogen and oxygen atoms in total. The number of nitrogens with zero attached hydrogens (tertiary/aromatic N) is 3. The van der Waals surface area contributed by atoms with Gasteiger partial charge in [-0.05, 0) is 81.3 Å². The van der Waals surface area contributed by atoms with Crippen LogP contribution in [0, 0.1) is 23.2 Å². The van der Waals surface area contributed by atoms with Crippen LogP contribution in [0.1, 0.15) is 57.1 Å². The van der Waals surface area contributed by atoms with E-state index < -0.39 is 0 Å². The summed E-state index contributed by atoms with van der Waals surface area (Å²) in [6.45, 7) is 2.60. The Bertz CT molecular complexity index is 821. The van der Waals surface area contributed by atoms with Gasteiger partial charge in [0.1, 0.15) is 0 Å². The van der Waals surface area contributed by atoms with E-state index in [4.69, 9.17) is 0 Å². The number of hydrogen-bond donors (Lipinski definition) is 1. The molecule has 4 aliphatic carbocycles. The first kappa shape index (κ1) is 18.6. The molecule has 7 rings (SSSR count). The van der Waals surface area contributed by atoms with E-state index in [0.29, 0.717) is 19.6 Å². The Morgan fingerprint density at radius 3 is 2.43 bits per heavy atom. The lowest BCUT2D eigenvalue weighted by Crippen LogP contribution is -2.61. The fourth-order valence-electron chi connectivity index (χ4n) is 7.72. The average molecular weight is 409 g/mol. The van der Waals surface area contributed by atoms with Crippen LogP contribution in [0.2, 0.25) is 0 Å². The van der Waals surface area contributed by atoms with Gasteiger partial charge in [-0.15, -0.1) is 0 Å². The molecule has 160 valence electrons. The first-order valence-corrected chi connectivity index (χ1v) is 11.8. The number of amides is 3. The molecule has 3 amide bonds. The van der Waals surface area contributed by atoms with E-state index in [9.17, 15) is 9.59 Å². The van der Waals surface area contributed by atoms with Crippen LogP contribution >= 0.6 is 0 Å². The Morgan fingerprint density at radius 2 is 1.77 bits per heavy atom. The van der Waals surface area contributed by atoms with E-state index >= 15 is 0 Å². The summed E-state index contributed by atoms with van der Waals surface area (Å²) in [5, 5.41) is 3.49. The third-order valence-electron chi connectivity index (χ3n) is 8.73. The molecule has 2 saturated heterocycles. The van der Waals surface area contributed by atoms with Crippen molar-refractivity contribution in [3.05, 3.63) is 30.1 Å². The van der Waals surface area contributed by atoms with Crippen molar-refractivity contribution >= 4 is 11.9 Å². The average Bonchev–Trinajstić information content (AvgIpc) is 3.27. The van der Waals surface area contributed by atoms with Gasteiger partial charge in [0, 0.05) is 31.4 Å². The number of hydrogen-bond acceptors (Lipinski definition) is 3. The zero-order chi connectivity index (χ0) is 20.3. The highest BCUT2D eigenvalue weighted by Gasteiger charge is 2.54. The summed E-state index contributed by atoms with van der Waals surface area (Å²) < 4.78 is 0. The Labute approximate surface area is 178 Å². The van der Waals surface area contributed by atoms with Crippen molar-refractivity contribution in [3.63, 3.8) is 0 Å². The lowest BCUT2D eigenvalue weighted by molar-refractivity contribution is -0.135. The van der Waals surface area contributed by atoms with Gasteiger partial charge in [0.05, 0.1) is 17.7 Å². The van der Waals surface area contributed by atoms with Crippen LogP contribution in [-0.2, 0) is 11.3 Å². The van der Waals surface area contributed by atoms with Crippen molar-refractivity contribution in [2.45, 2.75) is 63.5 Å². The number of rotatable bonds is 3. The second-order valence-electron chi connectivity index (χ2n) is 10.9. The molecule has 1 aromatic rings. The van der Waals surface area contributed by atoms with E-state index in [0.717, 1.165) is 42.8 Å². The minimum Gasteiger partial charge on any atom is -0.336 e. The highest BCUT2D eigenvalue weighted by atomic mass is 16.2. The predicted molar refractivity (Wildman–Crippen MR) is 112 cm³/mol. The van der Waals surface area contributed by atoms with Crippen LogP contribution in [0.4, 0.5) is 4.79 Å². The molecule has 2 aliphatic heterocycles. The maximum atomic E-state index is 13.3. The normalized spacial score (nSPS) is 39.3. The molecule has 6 heteroatoms. The van der Waals surface area contributed by atoms with Crippen LogP contribution in [0.25, 0.3) is 0 Å². The van der Waals surface area contributed by atoms with Gasteiger partial charge in [0.15, 0.2) is 0 Å². The van der Waals surface area contributed by atoms with Crippen molar-refractivity contribution in [3.8, 4) is 0 Å². The number of nitrogens with one attached hydrogen (secondary N) is 1. The second kappa shape index (κ2) is 6.69. The lowest BCUT2D eigenvalue weighted by Gasteiger charge is -2.57. The maximum Gasteiger partial charge on any atom is 0.317 e. The molecule has 1 atom stereocenters. The summed E-state index contributed by atoms with van der Waals surface area (Å²) in [6.07, 6.45) is 11.0. The van der Waals surface area contributed by atoms with Crippen molar-refractivity contribution < 1.29 is 9.59 Å². The minimum absolute atomic E-state index is 0.0340. The number of urea groups is 1. The van der Waals surface area contributed by atoms with Crippen LogP contribution in [-0.4, -0.2) is 51.9 Å². The van der Waals surface area contributed by atoms with Crippen molar-refractivity contribution in [1.29, 1.82) is 0 Å². The van der Waals surface area contributed by atoms with Crippen molar-refractivity contribution in [2.24, 2.45) is 23.2 Å². The first-order valence-electron chi connectivity index (χ1n) is 11.8. The molecule has 30 heavy (non-hydrogen) atoms. The number of likely N-dealkylation sites (tertiary alicyclic amines) is 2. The molecule has 6 aliphatic rings. The van der Waals surface area contributed by atoms with Gasteiger partial charge in [0.2, 0.25) is 5.91 Å². The Balaban J connectivity index is 1.11. The van der Waals surface area contributed by atoms with Gasteiger partial charge in [-0.25, -0.2) is 4.79 Å². The number of pyridine rings is 1. The van der Waals surface area contributed by atoms with Crippen molar-refractivity contribution in [1.82, 2.24) is 20.1 Å². The van der Waals surface area contributed by atoms with Gasteiger partial charge in [-0.1, -0.05) is 6.07 Å². The third-order valence-corrected chi connectivity index (χ3v) is 8.73. The topological polar surface area (TPSA) is 65.5 Å². The third kappa shape index (κ3) is 3.02. The number of carbonyl (C=O) groups excluding carboxylic acids is 2. The summed E-state index contributed by atoms with van der Waals surface area (Å²) >= 11 is 0. The summed E-state index contributed by atoms with van der Waals surface area (Å²) in [5.74, 6) is 2.66. The summed E-state index contributed by atoms with van der Waals surface area (Å²) in [4.78, 5) is 34.7. The molecule has 4 bridgehead atoms. The van der Waals surface area contributed by atoms with Crippen LogP contribution in [0.15, 0.2) is 24.4 Å². The van der Waals surface area contributed by atoms with E-state index in [-0.39, 0.29) is 22.9 Å². The Morgan fingerprint density at radius 1 is 1.07 bits per heavy atom. The van der Waals surface area contributed by atoms with Gasteiger partial charge < -0.3 is 15.1 Å². The highest BCUT2D eigenvalue weighted by molar-refractivity contribution is 5.87. The molecular weight excluding hydrogens is 376 g/mol. The van der Waals surface area contributed by atoms with E-state index in [1.165, 1.54) is 38.5 Å². The predicted octanol–water partition coefficient (Wildman–Crippen LogP) is 3.18. The molecule has 3 heterocycles. The molecule has 6 fully saturated rings. The molecule has 1 unspecified atom stereocenters. The Hall–Kier alpha value is -2.11. The standard InChI is InChI=1S/C24H32N4O2/c29-21-23(4-7-27(21)15-20-3-1-2-6-25-20)5-8-28(16-23)22(30)26-24-12-17-9-18(13-24)11-19(10-17)14-24/h1-3,6,17-19H,4-5,7-16H2,(H,26,30). The zero-order valence-corrected chi connectivity index (χ0v) is 17.7. The molecule has 1 spiro atoms. The van der Waals surface area contributed by atoms with Gasteiger partial charge in [0.25, 0.3) is 0 Å². The largest absolute Gasteiger partial charge is 0.336 e. The highest BCUT2D eigenvalue weighted by Crippen LogP contribution is 2.55. The SMILES string of the molecule is O=C(NC12CC3CC(CC(C3)C1)C2)N1CCC2(CCN(Cc3ccccn3)C2=O)C1. The van der Waals surface area contributed by atoms with Crippen LogP contribution in [0.5, 0.6) is 0 Å². The summed E-state index contributed by atoms with van der Waals surface area (Å²) in [6, 6.07) is 5.90. The number of carbonyl (C=O) groups is 2. The quantitative estimate of drug-likeness (QED) is 0.835. The molecule has 1 N–H and O–H groups in total. The molecule has 4 saturated carbocycles. The zero-order valence-electron chi connectivity index (χ0n) is 17.7. The second-order valence-corrected chi connectivity index (χ2v) is 10.9. The smallest absolute Gasteiger partial charge is 0.317 e. The fraction of sp³-hybridized carbons (Fsp3) is 0.708. The van der Waals surface area contributed by atoms with Gasteiger partial charge in [-0.2, -0.15) is 0 Å². The van der Waals surface area contributed by atoms with E-state index in [2.05, 4.69) is 10.3 Å². The summed E-state index contributed by atoms with van der Waals surface area (Å²) in [5.41, 5.74) is 0.581. The van der Waals surface area contributed by atoms with Crippen LogP contribution < -0.4 is 5.32 Å². The maximum absolute atomic E-state index is 13.3. The van der Waals surface area contributed by atoms with Gasteiger partial charge >= 0.3 is 6.03 Å². The van der Waals surface area contributed by atoms with Gasteiger partial charge in [-0.3, -0.25) is 9.78 Å². The van der Waals surface area contributed by atoms with E-state index in [1.54, 1.807) is 6.20 Å². The Kier molecular flexibility index (Phi) is 4.16. The number of aromatic nitrogens is 1.